The van der Waals surface area contributed by atoms with Crippen LogP contribution in [0.1, 0.15) is 61.8 Å². The van der Waals surface area contributed by atoms with Crippen LogP contribution in [0.3, 0.4) is 0 Å². The SMILES string of the molecule is [C-]#[N+]c1ccc(N(c2ccc(C(C)C)cc2)c2cc(C)c3ccc4c(N(c5ccc(C#N)cc5)c5ccc(C(C)C)cc5)ccc5ccc2c3c54)cc1. The second kappa shape index (κ2) is 13.5. The fourth-order valence-electron chi connectivity index (χ4n) is 7.65. The van der Waals surface area contributed by atoms with Crippen molar-refractivity contribution in [1.29, 1.82) is 5.26 Å². The molecule has 0 radical (unpaired) electrons. The van der Waals surface area contributed by atoms with Crippen molar-refractivity contribution >= 4 is 72.1 Å². The average molecular weight is 685 g/mol. The van der Waals surface area contributed by atoms with Crippen LogP contribution in [0.4, 0.5) is 39.8 Å². The summed E-state index contributed by atoms with van der Waals surface area (Å²) in [5, 5.41) is 16.8. The summed E-state index contributed by atoms with van der Waals surface area (Å²) in [4.78, 5) is 8.31. The molecule has 0 aliphatic rings. The van der Waals surface area contributed by atoms with Gasteiger partial charge in [-0.15, -0.1) is 0 Å². The second-order valence-electron chi connectivity index (χ2n) is 14.5. The maximum absolute atomic E-state index is 9.59. The van der Waals surface area contributed by atoms with Crippen molar-refractivity contribution in [3.8, 4) is 6.07 Å². The summed E-state index contributed by atoms with van der Waals surface area (Å²) >= 11 is 0. The maximum atomic E-state index is 9.59. The minimum absolute atomic E-state index is 0.428. The van der Waals surface area contributed by atoms with Gasteiger partial charge in [0.2, 0.25) is 0 Å². The summed E-state index contributed by atoms with van der Waals surface area (Å²) in [7, 11) is 0. The van der Waals surface area contributed by atoms with Gasteiger partial charge in [-0.2, -0.15) is 5.26 Å². The molecule has 256 valence electrons. The molecule has 4 nitrogen and oxygen atoms in total. The van der Waals surface area contributed by atoms with E-state index in [0.717, 1.165) is 44.9 Å². The zero-order valence-electron chi connectivity index (χ0n) is 30.7. The third kappa shape index (κ3) is 5.89. The third-order valence-corrected chi connectivity index (χ3v) is 10.6. The minimum Gasteiger partial charge on any atom is -0.310 e. The second-order valence-corrected chi connectivity index (χ2v) is 14.5. The maximum Gasteiger partial charge on any atom is 0.187 e. The molecule has 0 aliphatic carbocycles. The smallest absolute Gasteiger partial charge is 0.187 e. The number of hydrogen-bond acceptors (Lipinski definition) is 3. The van der Waals surface area contributed by atoms with Crippen molar-refractivity contribution in [2.24, 2.45) is 0 Å². The predicted octanol–water partition coefficient (Wildman–Crippen LogP) is 14.5. The fourth-order valence-corrected chi connectivity index (χ4v) is 7.65. The van der Waals surface area contributed by atoms with Gasteiger partial charge in [-0.3, -0.25) is 0 Å². The highest BCUT2D eigenvalue weighted by atomic mass is 15.1. The highest BCUT2D eigenvalue weighted by Gasteiger charge is 2.23. The Labute approximate surface area is 311 Å². The first kappa shape index (κ1) is 33.5. The molecule has 0 saturated heterocycles. The van der Waals surface area contributed by atoms with Crippen LogP contribution in [-0.4, -0.2) is 0 Å². The first-order valence-corrected chi connectivity index (χ1v) is 18.2. The molecule has 0 spiro atoms. The van der Waals surface area contributed by atoms with Crippen molar-refractivity contribution in [3.05, 3.63) is 173 Å². The number of aryl methyl sites for hydroxylation is 1. The van der Waals surface area contributed by atoms with Crippen molar-refractivity contribution in [1.82, 2.24) is 0 Å². The lowest BCUT2D eigenvalue weighted by Crippen LogP contribution is -2.12. The standard InChI is InChI=1S/C49H40N4/c1-31(2)35-9-19-40(20-10-35)52(39-17-7-34(30-50)8-18-39)46-28-14-37-13-25-45-47(29-33(5)43-26-27-44(46)48(37)49(43)45)53(42-23-15-38(51-6)16-24-42)41-21-11-36(12-22-41)32(3)4/h7-29,31-32H,1-5H3. The fraction of sp³-hybridized carbons (Fsp3) is 0.143. The minimum atomic E-state index is 0.428. The van der Waals surface area contributed by atoms with E-state index in [4.69, 9.17) is 6.57 Å². The summed E-state index contributed by atoms with van der Waals surface area (Å²) in [6.45, 7) is 18.6. The molecular formula is C49H40N4. The Morgan fingerprint density at radius 3 is 1.51 bits per heavy atom. The van der Waals surface area contributed by atoms with Crippen LogP contribution in [0.25, 0.3) is 37.2 Å². The van der Waals surface area contributed by atoms with E-state index in [1.54, 1.807) is 0 Å². The van der Waals surface area contributed by atoms with Crippen molar-refractivity contribution < 1.29 is 0 Å². The van der Waals surface area contributed by atoms with E-state index in [2.05, 4.69) is 158 Å². The average Bonchev–Trinajstić information content (AvgIpc) is 3.19. The number of benzene rings is 8. The molecule has 0 aliphatic heterocycles. The zero-order chi connectivity index (χ0) is 36.8. The van der Waals surface area contributed by atoms with Gasteiger partial charge in [0.15, 0.2) is 5.69 Å². The van der Waals surface area contributed by atoms with Gasteiger partial charge in [-0.05, 0) is 130 Å². The largest absolute Gasteiger partial charge is 0.310 e. The van der Waals surface area contributed by atoms with Gasteiger partial charge >= 0.3 is 0 Å². The molecule has 8 aromatic rings. The van der Waals surface area contributed by atoms with E-state index in [1.807, 2.05) is 36.4 Å². The topological polar surface area (TPSA) is 34.6 Å². The van der Waals surface area contributed by atoms with Crippen LogP contribution in [0.15, 0.2) is 140 Å². The zero-order valence-corrected chi connectivity index (χ0v) is 30.7. The number of nitriles is 1. The lowest BCUT2D eigenvalue weighted by atomic mass is 9.89. The quantitative estimate of drug-likeness (QED) is 0.118. The molecule has 8 aromatic carbocycles. The Hall–Kier alpha value is -6.62. The van der Waals surface area contributed by atoms with E-state index in [1.165, 1.54) is 38.2 Å². The molecule has 0 amide bonds. The molecule has 8 rings (SSSR count). The molecule has 0 unspecified atom stereocenters. The van der Waals surface area contributed by atoms with E-state index in [0.29, 0.717) is 23.1 Å². The summed E-state index contributed by atoms with van der Waals surface area (Å²) in [6.07, 6.45) is 0. The predicted molar refractivity (Wildman–Crippen MR) is 223 cm³/mol. The normalized spacial score (nSPS) is 11.4. The Morgan fingerprint density at radius 1 is 0.528 bits per heavy atom. The van der Waals surface area contributed by atoms with Crippen LogP contribution >= 0.6 is 0 Å². The lowest BCUT2D eigenvalue weighted by Gasteiger charge is -2.30. The first-order chi connectivity index (χ1) is 25.7. The van der Waals surface area contributed by atoms with Crippen molar-refractivity contribution in [3.63, 3.8) is 0 Å². The molecule has 4 heteroatoms. The van der Waals surface area contributed by atoms with Gasteiger partial charge in [0.25, 0.3) is 0 Å². The molecule has 0 aromatic heterocycles. The number of hydrogen-bond donors (Lipinski definition) is 0. The number of nitrogens with zero attached hydrogens (tertiary/aromatic N) is 4. The molecule has 0 heterocycles. The van der Waals surface area contributed by atoms with Crippen LogP contribution in [0, 0.1) is 24.8 Å². The van der Waals surface area contributed by atoms with Gasteiger partial charge in [-0.25, -0.2) is 4.85 Å². The summed E-state index contributed by atoms with van der Waals surface area (Å²) in [6, 6.07) is 51.6. The Kier molecular flexibility index (Phi) is 8.54. The van der Waals surface area contributed by atoms with E-state index >= 15 is 0 Å². The van der Waals surface area contributed by atoms with Crippen molar-refractivity contribution in [2.45, 2.75) is 46.5 Å². The highest BCUT2D eigenvalue weighted by molar-refractivity contribution is 6.28. The van der Waals surface area contributed by atoms with Crippen molar-refractivity contribution in [2.75, 3.05) is 9.80 Å². The first-order valence-electron chi connectivity index (χ1n) is 18.2. The van der Waals surface area contributed by atoms with Crippen LogP contribution in [-0.2, 0) is 0 Å². The van der Waals surface area contributed by atoms with Crippen LogP contribution < -0.4 is 9.80 Å². The van der Waals surface area contributed by atoms with E-state index in [9.17, 15) is 5.26 Å². The van der Waals surface area contributed by atoms with Gasteiger partial charge in [0.1, 0.15) is 0 Å². The van der Waals surface area contributed by atoms with Crippen LogP contribution in [0.2, 0.25) is 0 Å². The molecule has 0 atom stereocenters. The Morgan fingerprint density at radius 2 is 0.981 bits per heavy atom. The van der Waals surface area contributed by atoms with Gasteiger partial charge in [-0.1, -0.05) is 94.4 Å². The number of rotatable bonds is 8. The Bertz CT molecular complexity index is 2670. The summed E-state index contributed by atoms with van der Waals surface area (Å²) in [5.74, 6) is 0.858. The molecular weight excluding hydrogens is 645 g/mol. The molecule has 0 bridgehead atoms. The molecule has 0 N–H and O–H groups in total. The number of anilines is 6. The van der Waals surface area contributed by atoms with E-state index in [-0.39, 0.29) is 0 Å². The summed E-state index contributed by atoms with van der Waals surface area (Å²) in [5.41, 5.74) is 11.3. The lowest BCUT2D eigenvalue weighted by molar-refractivity contribution is 0.866. The highest BCUT2D eigenvalue weighted by Crippen LogP contribution is 2.48. The van der Waals surface area contributed by atoms with Crippen LogP contribution in [0.5, 0.6) is 0 Å². The third-order valence-electron chi connectivity index (χ3n) is 10.6. The molecule has 0 saturated carbocycles. The van der Waals surface area contributed by atoms with E-state index < -0.39 is 0 Å². The molecule has 53 heavy (non-hydrogen) atoms. The monoisotopic (exact) mass is 684 g/mol. The summed E-state index contributed by atoms with van der Waals surface area (Å²) < 4.78 is 0. The Balaban J connectivity index is 1.39. The van der Waals surface area contributed by atoms with Gasteiger partial charge < -0.3 is 9.80 Å². The molecule has 0 fully saturated rings. The van der Waals surface area contributed by atoms with Gasteiger partial charge in [0, 0.05) is 33.5 Å². The van der Waals surface area contributed by atoms with Gasteiger partial charge in [0.05, 0.1) is 29.6 Å².